The number of benzene rings is 1. The van der Waals surface area contributed by atoms with Crippen molar-refractivity contribution in [2.24, 2.45) is 10.8 Å². The van der Waals surface area contributed by atoms with Gasteiger partial charge in [-0.15, -0.1) is 11.3 Å². The van der Waals surface area contributed by atoms with Crippen molar-refractivity contribution in [3.63, 3.8) is 0 Å². The Morgan fingerprint density at radius 3 is 2.42 bits per heavy atom. The number of carbonyl (C=O) groups is 3. The molecule has 1 fully saturated rings. The van der Waals surface area contributed by atoms with Crippen molar-refractivity contribution in [2.45, 2.75) is 59.9 Å². The van der Waals surface area contributed by atoms with Gasteiger partial charge in [-0.25, -0.2) is 14.5 Å². The minimum absolute atomic E-state index is 0.146. The molecule has 3 rings (SSSR count). The molecule has 10 heteroatoms. The lowest BCUT2D eigenvalue weighted by molar-refractivity contribution is -0.130. The first-order valence-corrected chi connectivity index (χ1v) is 14.2. The first kappa shape index (κ1) is 30.0. The van der Waals surface area contributed by atoms with Crippen LogP contribution in [0.15, 0.2) is 28.7 Å². The maximum atomic E-state index is 12.6. The average Bonchev–Trinajstić information content (AvgIpc) is 3.15. The van der Waals surface area contributed by atoms with Gasteiger partial charge < -0.3 is 19.5 Å². The zero-order valence-corrected chi connectivity index (χ0v) is 25.5. The number of hydrogen-bond acceptors (Lipinski definition) is 8. The summed E-state index contributed by atoms with van der Waals surface area (Å²) in [6.45, 7) is 10.6. The van der Waals surface area contributed by atoms with E-state index in [-0.39, 0.29) is 28.1 Å². The lowest BCUT2D eigenvalue weighted by atomic mass is 9.63. The predicted octanol–water partition coefficient (Wildman–Crippen LogP) is 6.97. The third-order valence-electron chi connectivity index (χ3n) is 6.49. The minimum atomic E-state index is -0.770. The van der Waals surface area contributed by atoms with E-state index in [9.17, 15) is 14.4 Å². The summed E-state index contributed by atoms with van der Waals surface area (Å²) >= 11 is 4.78. The number of halogens is 1. The van der Waals surface area contributed by atoms with Gasteiger partial charge in [0.1, 0.15) is 0 Å². The summed E-state index contributed by atoms with van der Waals surface area (Å²) in [7, 11) is 2.60. The number of hydrogen-bond donors (Lipinski definition) is 1. The molecule has 1 aromatic carbocycles. The Balaban J connectivity index is 1.85. The normalized spacial score (nSPS) is 16.4. The van der Waals surface area contributed by atoms with Crippen molar-refractivity contribution >= 4 is 50.9 Å². The summed E-state index contributed by atoms with van der Waals surface area (Å²) in [6, 6.07) is 8.38. The van der Waals surface area contributed by atoms with Gasteiger partial charge in [0.05, 0.1) is 23.1 Å². The Labute approximate surface area is 237 Å². The molecule has 1 heterocycles. The number of esters is 1. The summed E-state index contributed by atoms with van der Waals surface area (Å²) < 4.78 is 16.1. The number of nitrogens with zero attached hydrogens (tertiary/aromatic N) is 1. The molecule has 0 saturated heterocycles. The Hall–Kier alpha value is -2.59. The molecule has 0 radical (unpaired) electrons. The second-order valence-corrected chi connectivity index (χ2v) is 13.0. The lowest BCUT2D eigenvalue weighted by Crippen LogP contribution is -2.40. The van der Waals surface area contributed by atoms with E-state index in [0.29, 0.717) is 10.5 Å². The van der Waals surface area contributed by atoms with E-state index in [1.807, 2.05) is 18.2 Å². The minimum Gasteiger partial charge on any atom is -0.481 e. The van der Waals surface area contributed by atoms with Crippen molar-refractivity contribution < 1.29 is 28.6 Å². The first-order chi connectivity index (χ1) is 17.8. The molecule has 2 amide bonds. The van der Waals surface area contributed by atoms with E-state index in [2.05, 4.69) is 55.0 Å². The van der Waals surface area contributed by atoms with E-state index < -0.39 is 24.6 Å². The Bertz CT molecular complexity index is 1180. The molecule has 208 valence electrons. The SMILES string of the molecule is CCOC(=O)N(C)C(=O)COc1c(C(=O)OC)sc(-c2cccc(NC3CC(C)(C)CC(C)(C)C3)c2)c1Br. The molecule has 1 aromatic heterocycles. The number of methoxy groups -OCH3 is 1. The summed E-state index contributed by atoms with van der Waals surface area (Å²) in [4.78, 5) is 38.7. The second-order valence-electron chi connectivity index (χ2n) is 11.2. The van der Waals surface area contributed by atoms with Gasteiger partial charge in [0.25, 0.3) is 5.91 Å². The summed E-state index contributed by atoms with van der Waals surface area (Å²) in [5.74, 6) is -0.996. The van der Waals surface area contributed by atoms with Crippen LogP contribution in [0, 0.1) is 10.8 Å². The van der Waals surface area contributed by atoms with E-state index in [1.165, 1.54) is 31.9 Å². The molecule has 0 atom stereocenters. The standard InChI is InChI=1S/C28H37BrN2O6S/c1-8-36-26(34)31(6)20(32)15-37-22-21(29)23(38-24(22)25(33)35-7)17-10-9-11-18(12-17)30-19-13-27(2,3)16-28(4,5)14-19/h9-12,19,30H,8,13-16H2,1-7H3. The van der Waals surface area contributed by atoms with Gasteiger partial charge in [0, 0.05) is 18.8 Å². The predicted molar refractivity (Wildman–Crippen MR) is 153 cm³/mol. The largest absolute Gasteiger partial charge is 0.481 e. The first-order valence-electron chi connectivity index (χ1n) is 12.6. The van der Waals surface area contributed by atoms with Gasteiger partial charge in [-0.3, -0.25) is 4.79 Å². The van der Waals surface area contributed by atoms with Gasteiger partial charge in [-0.1, -0.05) is 39.8 Å². The molecule has 0 bridgehead atoms. The van der Waals surface area contributed by atoms with Crippen LogP contribution in [0.25, 0.3) is 10.4 Å². The van der Waals surface area contributed by atoms with Crippen LogP contribution in [0.4, 0.5) is 10.5 Å². The number of nitrogens with one attached hydrogen (secondary N) is 1. The number of carbonyl (C=O) groups excluding carboxylic acids is 3. The molecule has 0 spiro atoms. The Kier molecular flexibility index (Phi) is 9.52. The topological polar surface area (TPSA) is 94.2 Å². The highest BCUT2D eigenvalue weighted by atomic mass is 79.9. The van der Waals surface area contributed by atoms with Crippen LogP contribution >= 0.6 is 27.3 Å². The maximum Gasteiger partial charge on any atom is 0.416 e. The van der Waals surface area contributed by atoms with Crippen LogP contribution in [0.5, 0.6) is 5.75 Å². The molecule has 1 saturated carbocycles. The lowest BCUT2D eigenvalue weighted by Gasteiger charge is -2.45. The molecule has 38 heavy (non-hydrogen) atoms. The smallest absolute Gasteiger partial charge is 0.416 e. The number of imide groups is 1. The van der Waals surface area contributed by atoms with Crippen molar-refractivity contribution in [1.29, 1.82) is 0 Å². The van der Waals surface area contributed by atoms with E-state index in [1.54, 1.807) is 6.92 Å². The fourth-order valence-electron chi connectivity index (χ4n) is 5.42. The molecule has 1 aliphatic carbocycles. The second kappa shape index (κ2) is 12.1. The van der Waals surface area contributed by atoms with E-state index in [4.69, 9.17) is 14.2 Å². The summed E-state index contributed by atoms with van der Waals surface area (Å²) in [5, 5.41) is 3.72. The van der Waals surface area contributed by atoms with Crippen LogP contribution in [0.3, 0.4) is 0 Å². The fraction of sp³-hybridized carbons (Fsp3) is 0.536. The van der Waals surface area contributed by atoms with Gasteiger partial charge in [-0.05, 0) is 70.6 Å². The van der Waals surface area contributed by atoms with Gasteiger partial charge >= 0.3 is 12.1 Å². The third-order valence-corrected chi connectivity index (χ3v) is 8.71. The van der Waals surface area contributed by atoms with E-state index in [0.717, 1.165) is 33.9 Å². The van der Waals surface area contributed by atoms with Crippen molar-refractivity contribution in [2.75, 3.05) is 32.7 Å². The molecular weight excluding hydrogens is 572 g/mol. The summed E-state index contributed by atoms with van der Waals surface area (Å²) in [5.41, 5.74) is 2.40. The maximum absolute atomic E-state index is 12.6. The monoisotopic (exact) mass is 608 g/mol. The fourth-order valence-corrected chi connectivity index (χ4v) is 7.39. The molecule has 8 nitrogen and oxygen atoms in total. The zero-order chi connectivity index (χ0) is 28.3. The van der Waals surface area contributed by atoms with Crippen LogP contribution in [0.1, 0.15) is 63.6 Å². The molecule has 1 N–H and O–H groups in total. The molecular formula is C28H37BrN2O6S. The summed E-state index contributed by atoms with van der Waals surface area (Å²) in [6.07, 6.45) is 2.59. The number of amides is 2. The molecule has 0 unspecified atom stereocenters. The van der Waals surface area contributed by atoms with Crippen molar-refractivity contribution in [3.05, 3.63) is 33.6 Å². The van der Waals surface area contributed by atoms with Crippen LogP contribution in [-0.4, -0.2) is 56.3 Å². The number of ether oxygens (including phenoxy) is 3. The highest BCUT2D eigenvalue weighted by molar-refractivity contribution is 9.10. The molecule has 0 aliphatic heterocycles. The Morgan fingerprint density at radius 2 is 1.82 bits per heavy atom. The van der Waals surface area contributed by atoms with Gasteiger partial charge in [0.2, 0.25) is 0 Å². The van der Waals surface area contributed by atoms with Gasteiger partial charge in [0.15, 0.2) is 17.2 Å². The van der Waals surface area contributed by atoms with Crippen LogP contribution in [0.2, 0.25) is 0 Å². The number of thiophene rings is 1. The van der Waals surface area contributed by atoms with Gasteiger partial charge in [-0.2, -0.15) is 0 Å². The number of anilines is 1. The molecule has 1 aliphatic rings. The number of rotatable bonds is 8. The van der Waals surface area contributed by atoms with Crippen LogP contribution in [-0.2, 0) is 14.3 Å². The van der Waals surface area contributed by atoms with Crippen LogP contribution < -0.4 is 10.1 Å². The molecule has 2 aromatic rings. The van der Waals surface area contributed by atoms with Crippen molar-refractivity contribution in [3.8, 4) is 16.2 Å². The average molecular weight is 610 g/mol. The zero-order valence-electron chi connectivity index (χ0n) is 23.1. The highest BCUT2D eigenvalue weighted by Gasteiger charge is 2.38. The quantitative estimate of drug-likeness (QED) is 0.323. The Morgan fingerprint density at radius 1 is 1.16 bits per heavy atom. The number of likely N-dealkylation sites (N-methyl/N-ethyl adjacent to an activating group) is 1. The van der Waals surface area contributed by atoms with Crippen molar-refractivity contribution in [1.82, 2.24) is 4.90 Å². The highest BCUT2D eigenvalue weighted by Crippen LogP contribution is 2.48. The van der Waals surface area contributed by atoms with E-state index >= 15 is 0 Å². The third kappa shape index (κ3) is 7.28.